The molecule has 3 heterocycles. The number of nitrogens with zero attached hydrogens (tertiary/aromatic N) is 3. The number of aromatic nitrogens is 2. The molecule has 1 saturated carbocycles. The summed E-state index contributed by atoms with van der Waals surface area (Å²) < 4.78 is 48.3. The summed E-state index contributed by atoms with van der Waals surface area (Å²) in [6.45, 7) is 1.91. The molecule has 4 rings (SSSR count). The molecular formula is C18H22FN3O3S. The Morgan fingerprint density at radius 2 is 2.08 bits per heavy atom. The van der Waals surface area contributed by atoms with Crippen molar-refractivity contribution in [3.8, 4) is 5.88 Å². The Hall–Kier alpha value is -1.93. The van der Waals surface area contributed by atoms with Crippen molar-refractivity contribution in [2.45, 2.75) is 37.6 Å². The molecule has 6 nitrogen and oxygen atoms in total. The first-order chi connectivity index (χ1) is 12.5. The number of hydrogen-bond acceptors (Lipinski definition) is 4. The highest BCUT2D eigenvalue weighted by atomic mass is 32.2. The van der Waals surface area contributed by atoms with Crippen LogP contribution in [0, 0.1) is 11.7 Å². The van der Waals surface area contributed by atoms with Crippen LogP contribution < -0.4 is 4.74 Å². The maximum absolute atomic E-state index is 13.6. The van der Waals surface area contributed by atoms with Gasteiger partial charge in [0.25, 0.3) is 0 Å². The Morgan fingerprint density at radius 1 is 1.23 bits per heavy atom. The minimum absolute atomic E-state index is 0.00904. The van der Waals surface area contributed by atoms with Gasteiger partial charge in [-0.3, -0.25) is 0 Å². The lowest BCUT2D eigenvalue weighted by Gasteiger charge is -2.23. The number of halogens is 1. The highest BCUT2D eigenvalue weighted by molar-refractivity contribution is 7.90. The molecule has 0 spiro atoms. The van der Waals surface area contributed by atoms with Crippen molar-refractivity contribution in [3.05, 3.63) is 48.2 Å². The Labute approximate surface area is 152 Å². The molecule has 0 saturated heterocycles. The van der Waals surface area contributed by atoms with Gasteiger partial charge in [-0.25, -0.2) is 17.8 Å². The van der Waals surface area contributed by atoms with Gasteiger partial charge in [0.15, 0.2) is 5.82 Å². The molecule has 0 N–H and O–H groups in total. The van der Waals surface area contributed by atoms with E-state index in [0.29, 0.717) is 26.1 Å². The van der Waals surface area contributed by atoms with Crippen molar-refractivity contribution in [2.24, 2.45) is 5.92 Å². The quantitative estimate of drug-likeness (QED) is 0.773. The molecule has 0 radical (unpaired) electrons. The second kappa shape index (κ2) is 7.00. The van der Waals surface area contributed by atoms with Crippen molar-refractivity contribution in [1.82, 2.24) is 13.9 Å². The van der Waals surface area contributed by atoms with Gasteiger partial charge in [0.1, 0.15) is 0 Å². The van der Waals surface area contributed by atoms with Crippen LogP contribution in [0.4, 0.5) is 4.39 Å². The highest BCUT2D eigenvalue weighted by Crippen LogP contribution is 2.33. The lowest BCUT2D eigenvalue weighted by molar-refractivity contribution is 0.233. The second-order valence-electron chi connectivity index (χ2n) is 6.98. The van der Waals surface area contributed by atoms with Crippen LogP contribution >= 0.6 is 0 Å². The van der Waals surface area contributed by atoms with Crippen molar-refractivity contribution in [2.75, 3.05) is 13.2 Å². The van der Waals surface area contributed by atoms with Gasteiger partial charge in [0, 0.05) is 31.2 Å². The first-order valence-corrected chi connectivity index (χ1v) is 10.4. The fourth-order valence-corrected chi connectivity index (χ4v) is 5.28. The zero-order chi connectivity index (χ0) is 18.1. The Balaban J connectivity index is 1.46. The van der Waals surface area contributed by atoms with E-state index in [-0.39, 0.29) is 17.0 Å². The van der Waals surface area contributed by atoms with E-state index < -0.39 is 15.8 Å². The van der Waals surface area contributed by atoms with Crippen molar-refractivity contribution in [1.29, 1.82) is 0 Å². The Morgan fingerprint density at radius 3 is 2.85 bits per heavy atom. The zero-order valence-electron chi connectivity index (χ0n) is 14.4. The van der Waals surface area contributed by atoms with Gasteiger partial charge in [-0.1, -0.05) is 0 Å². The first-order valence-electron chi connectivity index (χ1n) is 8.90. The molecule has 2 aliphatic rings. The maximum Gasteiger partial charge on any atom is 0.250 e. The Kier molecular flexibility index (Phi) is 4.71. The van der Waals surface area contributed by atoms with E-state index >= 15 is 0 Å². The summed E-state index contributed by atoms with van der Waals surface area (Å²) in [6, 6.07) is 6.74. The van der Waals surface area contributed by atoms with E-state index in [1.54, 1.807) is 4.31 Å². The molecule has 2 aromatic rings. The van der Waals surface area contributed by atoms with Crippen LogP contribution in [0.3, 0.4) is 0 Å². The number of rotatable bonds is 6. The van der Waals surface area contributed by atoms with Crippen LogP contribution in [0.5, 0.6) is 5.88 Å². The topological polar surface area (TPSA) is 64.4 Å². The van der Waals surface area contributed by atoms with E-state index in [0.717, 1.165) is 25.1 Å². The van der Waals surface area contributed by atoms with Gasteiger partial charge in [-0.15, -0.1) is 0 Å². The predicted octanol–water partition coefficient (Wildman–Crippen LogP) is 2.42. The van der Waals surface area contributed by atoms with Gasteiger partial charge < -0.3 is 9.30 Å². The van der Waals surface area contributed by atoms with Gasteiger partial charge >= 0.3 is 0 Å². The minimum Gasteiger partial charge on any atom is -0.476 e. The van der Waals surface area contributed by atoms with Gasteiger partial charge in [-0.05, 0) is 49.4 Å². The molecule has 1 aliphatic carbocycles. The van der Waals surface area contributed by atoms with Crippen LogP contribution in [0.2, 0.25) is 0 Å². The summed E-state index contributed by atoms with van der Waals surface area (Å²) in [7, 11) is -3.24. The number of pyridine rings is 1. The monoisotopic (exact) mass is 379 g/mol. The molecule has 2 aromatic heterocycles. The summed E-state index contributed by atoms with van der Waals surface area (Å²) >= 11 is 0. The van der Waals surface area contributed by atoms with Gasteiger partial charge in [0.2, 0.25) is 15.9 Å². The third-order valence-corrected chi connectivity index (χ3v) is 7.29. The second-order valence-corrected chi connectivity index (χ2v) is 9.20. The average Bonchev–Trinajstić information content (AvgIpc) is 3.41. The third kappa shape index (κ3) is 3.61. The molecule has 1 unspecified atom stereocenters. The van der Waals surface area contributed by atoms with E-state index in [2.05, 4.69) is 9.55 Å². The molecule has 1 aliphatic heterocycles. The number of hydrogen-bond donors (Lipinski definition) is 0. The predicted molar refractivity (Wildman–Crippen MR) is 94.6 cm³/mol. The zero-order valence-corrected chi connectivity index (χ0v) is 15.2. The minimum atomic E-state index is -3.24. The highest BCUT2D eigenvalue weighted by Gasteiger charge is 2.41. The molecular weight excluding hydrogens is 357 g/mol. The Bertz CT molecular complexity index is 879. The molecule has 8 heteroatoms. The molecule has 1 fully saturated rings. The van der Waals surface area contributed by atoms with Crippen molar-refractivity contribution >= 4 is 10.0 Å². The smallest absolute Gasteiger partial charge is 0.250 e. The summed E-state index contributed by atoms with van der Waals surface area (Å²) in [5.41, 5.74) is 1.01. The first kappa shape index (κ1) is 17.5. The fourth-order valence-electron chi connectivity index (χ4n) is 3.39. The van der Waals surface area contributed by atoms with Gasteiger partial charge in [0.05, 0.1) is 18.4 Å². The number of ether oxygens (including phenoxy) is 1. The molecule has 26 heavy (non-hydrogen) atoms. The van der Waals surface area contributed by atoms with Crippen LogP contribution in [0.25, 0.3) is 0 Å². The van der Waals surface area contributed by atoms with E-state index in [4.69, 9.17) is 4.74 Å². The normalized spacial score (nSPS) is 21.2. The van der Waals surface area contributed by atoms with E-state index in [1.165, 1.54) is 18.3 Å². The summed E-state index contributed by atoms with van der Waals surface area (Å²) in [5, 5.41) is -0.219. The molecule has 1 atom stereocenters. The largest absolute Gasteiger partial charge is 0.476 e. The lowest BCUT2D eigenvalue weighted by Crippen LogP contribution is -2.36. The maximum atomic E-state index is 13.6. The SMILES string of the molecule is O=S(=O)(C1CC1)N1Cc2cccn2CC(CCOc2ncccc2F)C1. The molecule has 0 bridgehead atoms. The van der Waals surface area contributed by atoms with Crippen molar-refractivity contribution in [3.63, 3.8) is 0 Å². The van der Waals surface area contributed by atoms with Crippen molar-refractivity contribution < 1.29 is 17.5 Å². The average molecular weight is 379 g/mol. The fraction of sp³-hybridized carbons (Fsp3) is 0.500. The molecule has 0 aromatic carbocycles. The van der Waals surface area contributed by atoms with E-state index in [1.807, 2.05) is 18.3 Å². The molecule has 140 valence electrons. The lowest BCUT2D eigenvalue weighted by atomic mass is 10.1. The summed E-state index contributed by atoms with van der Waals surface area (Å²) in [6.07, 6.45) is 5.61. The standard InChI is InChI=1S/C18H22FN3O3S/c19-17-4-1-8-20-18(17)25-10-7-14-11-21-9-2-3-15(21)13-22(12-14)26(23,24)16-5-6-16/h1-4,8-9,14,16H,5-7,10-13H2. The molecule has 0 amide bonds. The van der Waals surface area contributed by atoms with Crippen LogP contribution in [-0.4, -0.2) is 40.7 Å². The summed E-state index contributed by atoms with van der Waals surface area (Å²) in [5.74, 6) is -0.395. The van der Waals surface area contributed by atoms with Gasteiger partial charge in [-0.2, -0.15) is 4.31 Å². The third-order valence-electron chi connectivity index (χ3n) is 4.97. The van der Waals surface area contributed by atoms with E-state index in [9.17, 15) is 12.8 Å². The van der Waals surface area contributed by atoms with Crippen LogP contribution in [0.1, 0.15) is 25.0 Å². The number of fused-ring (bicyclic) bond motifs is 1. The summed E-state index contributed by atoms with van der Waals surface area (Å²) in [4.78, 5) is 3.88. The van der Waals surface area contributed by atoms with Crippen LogP contribution in [-0.2, 0) is 23.1 Å². The number of sulfonamides is 1. The van der Waals surface area contributed by atoms with Crippen LogP contribution in [0.15, 0.2) is 36.7 Å².